The molecule has 0 saturated carbocycles. The van der Waals surface area contributed by atoms with Gasteiger partial charge in [0.25, 0.3) is 0 Å². The van der Waals surface area contributed by atoms with Gasteiger partial charge in [0.05, 0.1) is 5.02 Å². The van der Waals surface area contributed by atoms with Gasteiger partial charge < -0.3 is 5.73 Å². The number of piperazine rings is 1. The highest BCUT2D eigenvalue weighted by Gasteiger charge is 2.35. The van der Waals surface area contributed by atoms with E-state index in [2.05, 4.69) is 4.90 Å². The first kappa shape index (κ1) is 16.7. The Kier molecular flexibility index (Phi) is 4.95. The molecule has 0 spiro atoms. The lowest BCUT2D eigenvalue weighted by Gasteiger charge is -2.41. The summed E-state index contributed by atoms with van der Waals surface area (Å²) in [7, 11) is -1.56. The second-order valence-electron chi connectivity index (χ2n) is 5.65. The minimum absolute atomic E-state index is 0.158. The van der Waals surface area contributed by atoms with Crippen molar-refractivity contribution in [2.75, 3.05) is 20.1 Å². The van der Waals surface area contributed by atoms with Gasteiger partial charge in [-0.1, -0.05) is 17.7 Å². The molecular formula is C14H22ClN3O2S. The van der Waals surface area contributed by atoms with E-state index in [4.69, 9.17) is 17.3 Å². The van der Waals surface area contributed by atoms with Crippen molar-refractivity contribution < 1.29 is 8.42 Å². The minimum Gasteiger partial charge on any atom is -0.326 e. The zero-order valence-electron chi connectivity index (χ0n) is 12.6. The molecular weight excluding hydrogens is 310 g/mol. The molecule has 0 aromatic heterocycles. The molecule has 0 aliphatic carbocycles. The number of rotatable bonds is 3. The zero-order chi connectivity index (χ0) is 15.8. The highest BCUT2D eigenvalue weighted by atomic mass is 35.5. The summed E-state index contributed by atoms with van der Waals surface area (Å²) in [6.07, 6.45) is 0. The number of benzene rings is 1. The number of halogens is 1. The first-order valence-corrected chi connectivity index (χ1v) is 8.79. The maximum absolute atomic E-state index is 12.8. The third-order valence-electron chi connectivity index (χ3n) is 4.18. The average molecular weight is 332 g/mol. The Balaban J connectivity index is 2.34. The topological polar surface area (TPSA) is 66.6 Å². The van der Waals surface area contributed by atoms with E-state index in [-0.39, 0.29) is 22.0 Å². The van der Waals surface area contributed by atoms with Crippen LogP contribution in [0.2, 0.25) is 5.02 Å². The van der Waals surface area contributed by atoms with E-state index in [9.17, 15) is 8.42 Å². The Hall–Kier alpha value is -0.660. The fourth-order valence-corrected chi connectivity index (χ4v) is 4.71. The summed E-state index contributed by atoms with van der Waals surface area (Å²) in [6, 6.07) is 5.23. The van der Waals surface area contributed by atoms with Gasteiger partial charge in [0.15, 0.2) is 0 Å². The van der Waals surface area contributed by atoms with Crippen LogP contribution in [-0.4, -0.2) is 49.8 Å². The third kappa shape index (κ3) is 3.24. The third-order valence-corrected chi connectivity index (χ3v) is 6.49. The fourth-order valence-electron chi connectivity index (χ4n) is 2.57. The van der Waals surface area contributed by atoms with Gasteiger partial charge >= 0.3 is 0 Å². The van der Waals surface area contributed by atoms with Gasteiger partial charge in [0, 0.05) is 31.7 Å². The molecule has 1 aliphatic heterocycles. The Morgan fingerprint density at radius 3 is 2.33 bits per heavy atom. The largest absolute Gasteiger partial charge is 0.326 e. The SMILES string of the molecule is CC1CN(S(=O)(=O)c2ccc(CN)cc2Cl)CC(C)N1C. The normalized spacial score (nSPS) is 25.2. The van der Waals surface area contributed by atoms with Crippen LogP contribution in [-0.2, 0) is 16.6 Å². The van der Waals surface area contributed by atoms with E-state index in [1.807, 2.05) is 20.9 Å². The first-order chi connectivity index (χ1) is 9.77. The summed E-state index contributed by atoms with van der Waals surface area (Å²) in [4.78, 5) is 2.34. The fraction of sp³-hybridized carbons (Fsp3) is 0.571. The average Bonchev–Trinajstić information content (AvgIpc) is 2.43. The molecule has 0 amide bonds. The van der Waals surface area contributed by atoms with Crippen LogP contribution in [0.3, 0.4) is 0 Å². The number of nitrogens with two attached hydrogens (primary N) is 1. The van der Waals surface area contributed by atoms with Crippen molar-refractivity contribution in [1.82, 2.24) is 9.21 Å². The first-order valence-electron chi connectivity index (χ1n) is 6.98. The van der Waals surface area contributed by atoms with E-state index in [0.717, 1.165) is 5.56 Å². The molecule has 1 saturated heterocycles. The highest BCUT2D eigenvalue weighted by Crippen LogP contribution is 2.28. The van der Waals surface area contributed by atoms with Crippen LogP contribution in [0.4, 0.5) is 0 Å². The molecule has 118 valence electrons. The Morgan fingerprint density at radius 1 is 1.29 bits per heavy atom. The molecule has 2 unspecified atom stereocenters. The van der Waals surface area contributed by atoms with Gasteiger partial charge in [-0.25, -0.2) is 8.42 Å². The number of hydrogen-bond acceptors (Lipinski definition) is 4. The minimum atomic E-state index is -3.57. The van der Waals surface area contributed by atoms with Crippen molar-refractivity contribution in [3.05, 3.63) is 28.8 Å². The summed E-state index contributed by atoms with van der Waals surface area (Å²) in [5.74, 6) is 0. The van der Waals surface area contributed by atoms with E-state index in [1.165, 1.54) is 4.31 Å². The number of sulfonamides is 1. The van der Waals surface area contributed by atoms with Crippen LogP contribution in [0.25, 0.3) is 0 Å². The van der Waals surface area contributed by atoms with Gasteiger partial charge in [-0.2, -0.15) is 4.31 Å². The van der Waals surface area contributed by atoms with Gasteiger partial charge in [-0.3, -0.25) is 4.90 Å². The molecule has 7 heteroatoms. The molecule has 5 nitrogen and oxygen atoms in total. The maximum atomic E-state index is 12.8. The van der Waals surface area contributed by atoms with E-state index < -0.39 is 10.0 Å². The summed E-state index contributed by atoms with van der Waals surface area (Å²) in [5.41, 5.74) is 6.37. The molecule has 0 radical (unpaired) electrons. The smallest absolute Gasteiger partial charge is 0.244 e. The van der Waals surface area contributed by atoms with Crippen molar-refractivity contribution in [1.29, 1.82) is 0 Å². The van der Waals surface area contributed by atoms with Gasteiger partial charge in [-0.15, -0.1) is 0 Å². The molecule has 2 rings (SSSR count). The molecule has 1 aromatic rings. The molecule has 1 fully saturated rings. The van der Waals surface area contributed by atoms with Gasteiger partial charge in [0.1, 0.15) is 4.90 Å². The monoisotopic (exact) mass is 331 g/mol. The van der Waals surface area contributed by atoms with Crippen LogP contribution < -0.4 is 5.73 Å². The predicted molar refractivity (Wildman–Crippen MR) is 84.8 cm³/mol. The standard InChI is InChI=1S/C14H22ClN3O2S/c1-10-8-18(9-11(2)17(10)3)21(19,20)14-5-4-12(7-16)6-13(14)15/h4-6,10-11H,7-9,16H2,1-3H3. The van der Waals surface area contributed by atoms with Crippen LogP contribution >= 0.6 is 11.6 Å². The van der Waals surface area contributed by atoms with Crippen LogP contribution in [0.15, 0.2) is 23.1 Å². The Bertz CT molecular complexity index is 609. The Morgan fingerprint density at radius 2 is 1.86 bits per heavy atom. The van der Waals surface area contributed by atoms with Gasteiger partial charge in [-0.05, 0) is 38.6 Å². The van der Waals surface area contributed by atoms with Crippen LogP contribution in [0, 0.1) is 0 Å². The zero-order valence-corrected chi connectivity index (χ0v) is 14.2. The van der Waals surface area contributed by atoms with Crippen molar-refractivity contribution in [3.8, 4) is 0 Å². The molecule has 1 aliphatic rings. The van der Waals surface area contributed by atoms with Crippen LogP contribution in [0.1, 0.15) is 19.4 Å². The maximum Gasteiger partial charge on any atom is 0.244 e. The van der Waals surface area contributed by atoms with Crippen molar-refractivity contribution in [3.63, 3.8) is 0 Å². The van der Waals surface area contributed by atoms with E-state index >= 15 is 0 Å². The molecule has 1 aromatic carbocycles. The lowest BCUT2D eigenvalue weighted by atomic mass is 10.1. The lowest BCUT2D eigenvalue weighted by Crippen LogP contribution is -2.56. The van der Waals surface area contributed by atoms with E-state index in [1.54, 1.807) is 18.2 Å². The lowest BCUT2D eigenvalue weighted by molar-refractivity contribution is 0.105. The van der Waals surface area contributed by atoms with Gasteiger partial charge in [0.2, 0.25) is 10.0 Å². The number of nitrogens with zero attached hydrogens (tertiary/aromatic N) is 2. The summed E-state index contributed by atoms with van der Waals surface area (Å²) in [5, 5.41) is 0.234. The summed E-state index contributed by atoms with van der Waals surface area (Å²) >= 11 is 6.14. The summed E-state index contributed by atoms with van der Waals surface area (Å²) in [6.45, 7) is 5.33. The van der Waals surface area contributed by atoms with Crippen molar-refractivity contribution in [2.45, 2.75) is 37.4 Å². The number of hydrogen-bond donors (Lipinski definition) is 1. The molecule has 21 heavy (non-hydrogen) atoms. The van der Waals surface area contributed by atoms with E-state index in [0.29, 0.717) is 19.6 Å². The molecule has 0 bridgehead atoms. The van der Waals surface area contributed by atoms with Crippen molar-refractivity contribution in [2.24, 2.45) is 5.73 Å². The summed E-state index contributed by atoms with van der Waals surface area (Å²) < 4.78 is 27.1. The highest BCUT2D eigenvalue weighted by molar-refractivity contribution is 7.89. The second kappa shape index (κ2) is 6.22. The second-order valence-corrected chi connectivity index (χ2v) is 7.97. The molecule has 2 N–H and O–H groups in total. The Labute approximate surface area is 131 Å². The van der Waals surface area contributed by atoms with Crippen molar-refractivity contribution >= 4 is 21.6 Å². The molecule has 2 atom stereocenters. The quantitative estimate of drug-likeness (QED) is 0.911. The number of likely N-dealkylation sites (N-methyl/N-ethyl adjacent to an activating group) is 1. The molecule has 1 heterocycles. The van der Waals surface area contributed by atoms with Crippen LogP contribution in [0.5, 0.6) is 0 Å². The predicted octanol–water partition coefficient (Wildman–Crippen LogP) is 1.51.